The van der Waals surface area contributed by atoms with E-state index in [1.54, 1.807) is 0 Å². The molecule has 0 amide bonds. The Kier molecular flexibility index (Phi) is 2.52. The average molecular weight is 279 g/mol. The van der Waals surface area contributed by atoms with Gasteiger partial charge < -0.3 is 10.3 Å². The second kappa shape index (κ2) is 3.90. The highest BCUT2D eigenvalue weighted by Gasteiger charge is 2.21. The number of halogens is 1. The van der Waals surface area contributed by atoms with E-state index in [9.17, 15) is 0 Å². The van der Waals surface area contributed by atoms with Gasteiger partial charge in [0.1, 0.15) is 0 Å². The summed E-state index contributed by atoms with van der Waals surface area (Å²) in [5.74, 6) is 0. The molecule has 0 bridgehead atoms. The molecular weight excluding hydrogens is 264 g/mol. The van der Waals surface area contributed by atoms with Gasteiger partial charge in [-0.3, -0.25) is 0 Å². The first-order valence-corrected chi connectivity index (χ1v) is 6.53. The molecule has 3 rings (SSSR count). The fourth-order valence-electron chi connectivity index (χ4n) is 2.12. The van der Waals surface area contributed by atoms with Crippen LogP contribution in [0.15, 0.2) is 22.7 Å². The zero-order chi connectivity index (χ0) is 11.1. The first-order chi connectivity index (χ1) is 7.74. The van der Waals surface area contributed by atoms with Crippen LogP contribution in [0.1, 0.15) is 24.1 Å². The van der Waals surface area contributed by atoms with Crippen LogP contribution >= 0.6 is 15.9 Å². The van der Waals surface area contributed by atoms with Crippen molar-refractivity contribution in [1.82, 2.24) is 10.3 Å². The van der Waals surface area contributed by atoms with E-state index in [-0.39, 0.29) is 0 Å². The second-order valence-electron chi connectivity index (χ2n) is 4.57. The van der Waals surface area contributed by atoms with E-state index in [4.69, 9.17) is 0 Å². The molecule has 0 radical (unpaired) electrons. The van der Waals surface area contributed by atoms with Gasteiger partial charge in [-0.1, -0.05) is 15.9 Å². The van der Waals surface area contributed by atoms with Gasteiger partial charge in [0.15, 0.2) is 0 Å². The van der Waals surface area contributed by atoms with Crippen molar-refractivity contribution in [2.75, 3.05) is 0 Å². The molecule has 0 aliphatic heterocycles. The number of nitrogens with one attached hydrogen (secondary N) is 2. The molecule has 2 aromatic rings. The normalized spacial score (nSPS) is 15.9. The van der Waals surface area contributed by atoms with Crippen LogP contribution in [0.5, 0.6) is 0 Å². The molecule has 1 aromatic carbocycles. The molecule has 0 unspecified atom stereocenters. The van der Waals surface area contributed by atoms with E-state index in [1.807, 2.05) is 0 Å². The van der Waals surface area contributed by atoms with E-state index >= 15 is 0 Å². The van der Waals surface area contributed by atoms with Gasteiger partial charge in [-0.05, 0) is 43.5 Å². The van der Waals surface area contributed by atoms with E-state index in [0.29, 0.717) is 0 Å². The van der Waals surface area contributed by atoms with Crippen LogP contribution in [0.3, 0.4) is 0 Å². The highest BCUT2D eigenvalue weighted by Crippen LogP contribution is 2.27. The Hall–Kier alpha value is -0.800. The third-order valence-corrected chi connectivity index (χ3v) is 3.72. The maximum Gasteiger partial charge on any atom is 0.0460 e. The third-order valence-electron chi connectivity index (χ3n) is 3.23. The van der Waals surface area contributed by atoms with Crippen LogP contribution in [0.25, 0.3) is 10.9 Å². The van der Waals surface area contributed by atoms with E-state index in [1.165, 1.54) is 35.0 Å². The summed E-state index contributed by atoms with van der Waals surface area (Å²) in [6, 6.07) is 7.17. The predicted octanol–water partition coefficient (Wildman–Crippen LogP) is 3.49. The van der Waals surface area contributed by atoms with Crippen LogP contribution in [-0.4, -0.2) is 11.0 Å². The smallest absolute Gasteiger partial charge is 0.0460 e. The molecule has 1 saturated carbocycles. The van der Waals surface area contributed by atoms with Crippen molar-refractivity contribution < 1.29 is 0 Å². The van der Waals surface area contributed by atoms with Gasteiger partial charge >= 0.3 is 0 Å². The second-order valence-corrected chi connectivity index (χ2v) is 5.49. The molecule has 2 N–H and O–H groups in total. The molecule has 2 nitrogen and oxygen atoms in total. The van der Waals surface area contributed by atoms with Crippen molar-refractivity contribution in [3.63, 3.8) is 0 Å². The molecule has 1 fully saturated rings. The Bertz CT molecular complexity index is 526. The molecule has 1 aromatic heterocycles. The molecule has 1 heterocycles. The van der Waals surface area contributed by atoms with E-state index < -0.39 is 0 Å². The monoisotopic (exact) mass is 278 g/mol. The Morgan fingerprint density at radius 2 is 2.25 bits per heavy atom. The lowest BCUT2D eigenvalue weighted by molar-refractivity contribution is 0.688. The van der Waals surface area contributed by atoms with Crippen molar-refractivity contribution in [2.24, 2.45) is 0 Å². The van der Waals surface area contributed by atoms with Crippen molar-refractivity contribution >= 4 is 26.8 Å². The maximum absolute atomic E-state index is 3.58. The highest BCUT2D eigenvalue weighted by molar-refractivity contribution is 9.10. The van der Waals surface area contributed by atoms with Crippen molar-refractivity contribution in [1.29, 1.82) is 0 Å². The van der Waals surface area contributed by atoms with E-state index in [0.717, 1.165) is 17.1 Å². The Balaban J connectivity index is 1.99. The number of rotatable bonds is 3. The minimum Gasteiger partial charge on any atom is -0.358 e. The summed E-state index contributed by atoms with van der Waals surface area (Å²) in [5, 5.41) is 4.91. The summed E-state index contributed by atoms with van der Waals surface area (Å²) in [4.78, 5) is 3.44. The van der Waals surface area contributed by atoms with Gasteiger partial charge in [0, 0.05) is 33.7 Å². The maximum atomic E-state index is 3.58. The molecule has 84 valence electrons. The quantitative estimate of drug-likeness (QED) is 0.884. The molecular formula is C13H15BrN2. The zero-order valence-electron chi connectivity index (χ0n) is 9.31. The van der Waals surface area contributed by atoms with Gasteiger partial charge in [-0.25, -0.2) is 0 Å². The van der Waals surface area contributed by atoms with Crippen LogP contribution in [0.4, 0.5) is 0 Å². The van der Waals surface area contributed by atoms with Crippen molar-refractivity contribution in [3.8, 4) is 0 Å². The van der Waals surface area contributed by atoms with Crippen molar-refractivity contribution in [3.05, 3.63) is 33.9 Å². The molecule has 0 saturated heterocycles. The highest BCUT2D eigenvalue weighted by atomic mass is 79.9. The molecule has 0 spiro atoms. The Morgan fingerprint density at radius 3 is 3.00 bits per heavy atom. The minimum absolute atomic E-state index is 0.761. The number of H-pyrrole nitrogens is 1. The minimum atomic E-state index is 0.761. The third kappa shape index (κ3) is 1.89. The van der Waals surface area contributed by atoms with Gasteiger partial charge in [-0.15, -0.1) is 0 Å². The molecule has 1 aliphatic carbocycles. The molecule has 16 heavy (non-hydrogen) atoms. The topological polar surface area (TPSA) is 27.8 Å². The number of aromatic amines is 1. The number of aryl methyl sites for hydroxylation is 1. The summed E-state index contributed by atoms with van der Waals surface area (Å²) in [6.07, 6.45) is 2.68. The number of hydrogen-bond donors (Lipinski definition) is 2. The molecule has 0 atom stereocenters. The fourth-order valence-corrected chi connectivity index (χ4v) is 2.48. The van der Waals surface area contributed by atoms with Crippen LogP contribution in [-0.2, 0) is 6.54 Å². The fraction of sp³-hybridized carbons (Fsp3) is 0.385. The van der Waals surface area contributed by atoms with Crippen LogP contribution in [0, 0.1) is 6.92 Å². The lowest BCUT2D eigenvalue weighted by Gasteiger charge is -2.03. The van der Waals surface area contributed by atoms with Gasteiger partial charge in [0.25, 0.3) is 0 Å². The molecule has 3 heteroatoms. The first-order valence-electron chi connectivity index (χ1n) is 5.74. The van der Waals surface area contributed by atoms with Crippen molar-refractivity contribution in [2.45, 2.75) is 32.4 Å². The number of hydrogen-bond acceptors (Lipinski definition) is 1. The largest absolute Gasteiger partial charge is 0.358 e. The lowest BCUT2D eigenvalue weighted by atomic mass is 10.1. The SMILES string of the molecule is Cc1[nH]c2ccc(Br)cc2c1CNC1CC1. The average Bonchev–Trinajstić information content (AvgIpc) is 3.01. The van der Waals surface area contributed by atoms with Crippen LogP contribution in [0.2, 0.25) is 0 Å². The van der Waals surface area contributed by atoms with Crippen LogP contribution < -0.4 is 5.32 Å². The number of benzene rings is 1. The van der Waals surface area contributed by atoms with Gasteiger partial charge in [0.05, 0.1) is 0 Å². The lowest BCUT2D eigenvalue weighted by Crippen LogP contribution is -2.15. The predicted molar refractivity (Wildman–Crippen MR) is 70.6 cm³/mol. The Morgan fingerprint density at radius 1 is 1.44 bits per heavy atom. The number of fused-ring (bicyclic) bond motifs is 1. The zero-order valence-corrected chi connectivity index (χ0v) is 10.9. The first kappa shape index (κ1) is 10.4. The standard InChI is InChI=1S/C13H15BrN2/c1-8-12(7-15-10-3-4-10)11-6-9(14)2-5-13(11)16-8/h2,5-6,10,15-16H,3-4,7H2,1H3. The van der Waals surface area contributed by atoms with E-state index in [2.05, 4.69) is 51.4 Å². The molecule has 1 aliphatic rings. The summed E-state index contributed by atoms with van der Waals surface area (Å²) < 4.78 is 1.15. The summed E-state index contributed by atoms with van der Waals surface area (Å²) in [7, 11) is 0. The summed E-state index contributed by atoms with van der Waals surface area (Å²) in [6.45, 7) is 3.13. The summed E-state index contributed by atoms with van der Waals surface area (Å²) >= 11 is 3.53. The van der Waals surface area contributed by atoms with Gasteiger partial charge in [-0.2, -0.15) is 0 Å². The summed E-state index contributed by atoms with van der Waals surface area (Å²) in [5.41, 5.74) is 3.91. The van der Waals surface area contributed by atoms with Gasteiger partial charge in [0.2, 0.25) is 0 Å². The number of aromatic nitrogens is 1. The Labute approximate surface area is 104 Å².